The topological polar surface area (TPSA) is 75.9 Å². The number of anilines is 1. The van der Waals surface area contributed by atoms with Gasteiger partial charge in [-0.25, -0.2) is 4.98 Å². The van der Waals surface area contributed by atoms with Gasteiger partial charge in [-0.15, -0.1) is 0 Å². The molecule has 0 saturated carbocycles. The minimum Gasteiger partial charge on any atom is -0.438 e. The van der Waals surface area contributed by atoms with Gasteiger partial charge in [0.05, 0.1) is 12.8 Å². The van der Waals surface area contributed by atoms with Gasteiger partial charge < -0.3 is 19.0 Å². The Balaban J connectivity index is 1.55. The molecule has 1 aromatic heterocycles. The predicted molar refractivity (Wildman–Crippen MR) is 89.1 cm³/mol. The molecule has 7 heteroatoms. The second-order valence-corrected chi connectivity index (χ2v) is 6.65. The number of carbonyl (C=O) groups excluding carboxylic acids is 2. The lowest BCUT2D eigenvalue weighted by Crippen LogP contribution is -2.43. The minimum absolute atomic E-state index is 0.0527. The number of rotatable bonds is 2. The molecule has 2 aliphatic rings. The van der Waals surface area contributed by atoms with Crippen LogP contribution in [0.3, 0.4) is 0 Å². The maximum Gasteiger partial charge on any atom is 0.291 e. The number of aromatic nitrogens is 1. The molecule has 130 valence electrons. The van der Waals surface area contributed by atoms with Crippen LogP contribution in [0, 0.1) is 5.41 Å². The predicted octanol–water partition coefficient (Wildman–Crippen LogP) is 1.57. The summed E-state index contributed by atoms with van der Waals surface area (Å²) in [5.41, 5.74) is 0.593. The SMILES string of the molecule is O=C(c1cnco1)N1CCC2(COCC(=O)N(c3ccccc3)C2)C1. The van der Waals surface area contributed by atoms with Crippen molar-refractivity contribution in [3.05, 3.63) is 48.7 Å². The van der Waals surface area contributed by atoms with Crippen molar-refractivity contribution < 1.29 is 18.7 Å². The third kappa shape index (κ3) is 3.02. The number of carbonyl (C=O) groups is 2. The number of benzene rings is 1. The first-order valence-electron chi connectivity index (χ1n) is 8.28. The molecule has 0 bridgehead atoms. The van der Waals surface area contributed by atoms with E-state index in [0.29, 0.717) is 26.2 Å². The molecule has 2 saturated heterocycles. The first kappa shape index (κ1) is 15.8. The zero-order valence-corrected chi connectivity index (χ0v) is 13.8. The number of ether oxygens (including phenoxy) is 1. The van der Waals surface area contributed by atoms with Crippen molar-refractivity contribution in [1.29, 1.82) is 0 Å². The third-order valence-electron chi connectivity index (χ3n) is 4.86. The van der Waals surface area contributed by atoms with Crippen LogP contribution in [-0.2, 0) is 9.53 Å². The summed E-state index contributed by atoms with van der Waals surface area (Å²) >= 11 is 0. The lowest BCUT2D eigenvalue weighted by Gasteiger charge is -2.31. The van der Waals surface area contributed by atoms with Crippen molar-refractivity contribution in [2.75, 3.05) is 37.7 Å². The highest BCUT2D eigenvalue weighted by atomic mass is 16.5. The Labute approximate surface area is 145 Å². The van der Waals surface area contributed by atoms with Gasteiger partial charge in [0, 0.05) is 30.7 Å². The van der Waals surface area contributed by atoms with E-state index >= 15 is 0 Å². The highest BCUT2D eigenvalue weighted by molar-refractivity contribution is 5.95. The van der Waals surface area contributed by atoms with Gasteiger partial charge in [-0.1, -0.05) is 18.2 Å². The van der Waals surface area contributed by atoms with E-state index in [2.05, 4.69) is 4.98 Å². The number of amides is 2. The zero-order chi connectivity index (χ0) is 17.3. The van der Waals surface area contributed by atoms with Crippen LogP contribution in [0.1, 0.15) is 17.0 Å². The van der Waals surface area contributed by atoms with Crippen molar-refractivity contribution in [2.24, 2.45) is 5.41 Å². The summed E-state index contributed by atoms with van der Waals surface area (Å²) in [5, 5.41) is 0. The van der Waals surface area contributed by atoms with Crippen LogP contribution in [0.4, 0.5) is 5.69 Å². The van der Waals surface area contributed by atoms with Crippen LogP contribution in [-0.4, -0.2) is 54.5 Å². The van der Waals surface area contributed by atoms with Crippen LogP contribution in [0.15, 0.2) is 47.3 Å². The minimum atomic E-state index is -0.266. The Kier molecular flexibility index (Phi) is 4.01. The molecule has 0 radical (unpaired) electrons. The molecule has 7 nitrogen and oxygen atoms in total. The van der Waals surface area contributed by atoms with Crippen LogP contribution in [0.25, 0.3) is 0 Å². The Bertz CT molecular complexity index is 762. The highest BCUT2D eigenvalue weighted by Gasteiger charge is 2.44. The van der Waals surface area contributed by atoms with Crippen molar-refractivity contribution in [2.45, 2.75) is 6.42 Å². The molecule has 2 aromatic rings. The number of hydrogen-bond donors (Lipinski definition) is 0. The Hall–Kier alpha value is -2.67. The van der Waals surface area contributed by atoms with Crippen molar-refractivity contribution >= 4 is 17.5 Å². The van der Waals surface area contributed by atoms with Crippen molar-refractivity contribution in [3.8, 4) is 0 Å². The first-order chi connectivity index (χ1) is 12.2. The van der Waals surface area contributed by atoms with Crippen LogP contribution in [0.5, 0.6) is 0 Å². The summed E-state index contributed by atoms with van der Waals surface area (Å²) in [6.07, 6.45) is 3.46. The van der Waals surface area contributed by atoms with E-state index < -0.39 is 0 Å². The largest absolute Gasteiger partial charge is 0.438 e. The summed E-state index contributed by atoms with van der Waals surface area (Å²) < 4.78 is 10.8. The lowest BCUT2D eigenvalue weighted by atomic mass is 9.87. The van der Waals surface area contributed by atoms with E-state index in [0.717, 1.165) is 12.1 Å². The van der Waals surface area contributed by atoms with Gasteiger partial charge in [0.25, 0.3) is 11.8 Å². The van der Waals surface area contributed by atoms with Crippen LogP contribution in [0.2, 0.25) is 0 Å². The zero-order valence-electron chi connectivity index (χ0n) is 13.8. The molecular weight excluding hydrogens is 322 g/mol. The standard InChI is InChI=1S/C18H19N3O4/c22-16-9-24-12-18(11-21(16)14-4-2-1-3-5-14)6-7-20(10-18)17(23)15-8-19-13-25-15/h1-5,8,13H,6-7,9-12H2. The van der Waals surface area contributed by atoms with Gasteiger partial charge >= 0.3 is 0 Å². The molecule has 4 rings (SSSR count). The summed E-state index contributed by atoms with van der Waals surface area (Å²) in [6.45, 7) is 2.20. The van der Waals surface area contributed by atoms with E-state index in [4.69, 9.17) is 9.15 Å². The van der Waals surface area contributed by atoms with Crippen LogP contribution >= 0.6 is 0 Å². The molecule has 1 aromatic carbocycles. The summed E-state index contributed by atoms with van der Waals surface area (Å²) in [5.74, 6) is 0.0156. The van der Waals surface area contributed by atoms with Crippen LogP contribution < -0.4 is 4.90 Å². The molecule has 2 aliphatic heterocycles. The maximum absolute atomic E-state index is 12.5. The quantitative estimate of drug-likeness (QED) is 0.829. The molecule has 2 amide bonds. The average molecular weight is 341 g/mol. The summed E-state index contributed by atoms with van der Waals surface area (Å²) in [7, 11) is 0. The summed E-state index contributed by atoms with van der Waals surface area (Å²) in [6, 6.07) is 9.59. The normalized spacial score (nSPS) is 23.9. The van der Waals surface area contributed by atoms with E-state index in [1.807, 2.05) is 30.3 Å². The van der Waals surface area contributed by atoms with E-state index in [9.17, 15) is 9.59 Å². The highest BCUT2D eigenvalue weighted by Crippen LogP contribution is 2.35. The van der Waals surface area contributed by atoms with Gasteiger partial charge in [-0.05, 0) is 18.6 Å². The maximum atomic E-state index is 12.5. The summed E-state index contributed by atoms with van der Waals surface area (Å²) in [4.78, 5) is 32.3. The number of likely N-dealkylation sites (tertiary alicyclic amines) is 1. The monoisotopic (exact) mass is 341 g/mol. The Morgan fingerprint density at radius 1 is 1.20 bits per heavy atom. The molecule has 2 fully saturated rings. The fourth-order valence-electron chi connectivity index (χ4n) is 3.58. The molecule has 0 N–H and O–H groups in total. The number of oxazole rings is 1. The number of para-hydroxylation sites is 1. The van der Waals surface area contributed by atoms with Gasteiger partial charge in [-0.3, -0.25) is 9.59 Å². The Morgan fingerprint density at radius 3 is 2.80 bits per heavy atom. The fraction of sp³-hybridized carbons (Fsp3) is 0.389. The molecular formula is C18H19N3O4. The lowest BCUT2D eigenvalue weighted by molar-refractivity contribution is -0.122. The third-order valence-corrected chi connectivity index (χ3v) is 4.86. The van der Waals surface area contributed by atoms with Gasteiger partial charge in [0.15, 0.2) is 6.39 Å². The molecule has 1 atom stereocenters. The first-order valence-corrected chi connectivity index (χ1v) is 8.28. The van der Waals surface area contributed by atoms with E-state index in [1.54, 1.807) is 9.80 Å². The molecule has 1 unspecified atom stereocenters. The molecule has 0 aliphatic carbocycles. The average Bonchev–Trinajstić information content (AvgIpc) is 3.27. The molecule has 1 spiro atoms. The molecule has 3 heterocycles. The second kappa shape index (κ2) is 6.33. The van der Waals surface area contributed by atoms with Crippen molar-refractivity contribution in [1.82, 2.24) is 9.88 Å². The number of nitrogens with zero attached hydrogens (tertiary/aromatic N) is 3. The molecule has 25 heavy (non-hydrogen) atoms. The second-order valence-electron chi connectivity index (χ2n) is 6.65. The van der Waals surface area contributed by atoms with Gasteiger partial charge in [0.1, 0.15) is 6.61 Å². The number of hydrogen-bond acceptors (Lipinski definition) is 5. The fourth-order valence-corrected chi connectivity index (χ4v) is 3.58. The van der Waals surface area contributed by atoms with E-state index in [1.165, 1.54) is 12.6 Å². The van der Waals surface area contributed by atoms with Crippen molar-refractivity contribution in [3.63, 3.8) is 0 Å². The van der Waals surface area contributed by atoms with E-state index in [-0.39, 0.29) is 29.6 Å². The van der Waals surface area contributed by atoms with Gasteiger partial charge in [0.2, 0.25) is 5.76 Å². The Morgan fingerprint density at radius 2 is 2.04 bits per heavy atom. The smallest absolute Gasteiger partial charge is 0.291 e. The van der Waals surface area contributed by atoms with Gasteiger partial charge in [-0.2, -0.15) is 0 Å².